The molecular weight excluding hydrogens is 356 g/mol. The van der Waals surface area contributed by atoms with Gasteiger partial charge >= 0.3 is 0 Å². The van der Waals surface area contributed by atoms with Crippen LogP contribution < -0.4 is 5.32 Å². The number of rotatable bonds is 4. The quantitative estimate of drug-likeness (QED) is 0.433. The molecule has 0 saturated heterocycles. The Labute approximate surface area is 150 Å². The number of aromatic nitrogens is 2. The number of carbonyl (C=O) groups excluding carboxylic acids is 1. The molecule has 0 fully saturated rings. The second kappa shape index (κ2) is 6.55. The summed E-state index contributed by atoms with van der Waals surface area (Å²) in [7, 11) is 0. The fourth-order valence-electron chi connectivity index (χ4n) is 2.44. The summed E-state index contributed by atoms with van der Waals surface area (Å²) in [6.45, 7) is 0. The van der Waals surface area contributed by atoms with Crippen LogP contribution in [-0.4, -0.2) is 21.6 Å². The van der Waals surface area contributed by atoms with Gasteiger partial charge in [0.2, 0.25) is 11.7 Å². The minimum Gasteiger partial charge on any atom is -0.443 e. The molecule has 6 nitrogen and oxygen atoms in total. The number of nitrogens with one attached hydrogen (secondary N) is 1. The van der Waals surface area contributed by atoms with Crippen LogP contribution in [0.3, 0.4) is 0 Å². The number of nitriles is 1. The van der Waals surface area contributed by atoms with Crippen LogP contribution in [0.25, 0.3) is 21.2 Å². The topological polar surface area (TPSA) is 91.8 Å². The fourth-order valence-corrected chi connectivity index (χ4v) is 4.02. The van der Waals surface area contributed by atoms with Gasteiger partial charge in [-0.05, 0) is 23.6 Å². The summed E-state index contributed by atoms with van der Waals surface area (Å²) < 4.78 is 5.46. The normalized spacial score (nSPS) is 10.8. The molecule has 0 saturated carbocycles. The highest BCUT2D eigenvalue weighted by molar-refractivity contribution is 8.00. The van der Waals surface area contributed by atoms with Gasteiger partial charge < -0.3 is 9.73 Å². The number of carbonyl (C=O) groups is 1. The Morgan fingerprint density at radius 2 is 2.16 bits per heavy atom. The molecular formula is C17H10N4O2S2. The van der Waals surface area contributed by atoms with Gasteiger partial charge in [0.25, 0.3) is 0 Å². The highest BCUT2D eigenvalue weighted by Crippen LogP contribution is 2.31. The predicted molar refractivity (Wildman–Crippen MR) is 97.7 cm³/mol. The van der Waals surface area contributed by atoms with Crippen LogP contribution in [-0.2, 0) is 4.79 Å². The number of amides is 1. The number of hydrogen-bond acceptors (Lipinski definition) is 7. The summed E-state index contributed by atoms with van der Waals surface area (Å²) in [4.78, 5) is 21.7. The zero-order valence-corrected chi connectivity index (χ0v) is 14.4. The van der Waals surface area contributed by atoms with Gasteiger partial charge in [-0.3, -0.25) is 4.79 Å². The number of anilines is 1. The van der Waals surface area contributed by atoms with E-state index in [-0.39, 0.29) is 17.4 Å². The second-order valence-corrected chi connectivity index (χ2v) is 6.93. The van der Waals surface area contributed by atoms with E-state index < -0.39 is 0 Å². The third kappa shape index (κ3) is 2.95. The van der Waals surface area contributed by atoms with Gasteiger partial charge in [-0.15, -0.1) is 11.3 Å². The van der Waals surface area contributed by atoms with Gasteiger partial charge in [0.15, 0.2) is 0 Å². The van der Waals surface area contributed by atoms with Gasteiger partial charge in [0.05, 0.1) is 5.75 Å². The van der Waals surface area contributed by atoms with Gasteiger partial charge in [-0.25, -0.2) is 9.97 Å². The van der Waals surface area contributed by atoms with E-state index in [1.165, 1.54) is 29.4 Å². The van der Waals surface area contributed by atoms with Crippen molar-refractivity contribution in [2.45, 2.75) is 5.03 Å². The largest absolute Gasteiger partial charge is 0.443 e. The standard InChI is InChI=1S/C17H10N4O2S2/c18-7-13-15(10-3-1-2-4-12(10)23-13)21-14(22)8-25-17-11-5-6-24-16(11)19-9-20-17/h1-6,9H,8H2,(H,21,22). The van der Waals surface area contributed by atoms with Crippen LogP contribution in [0.15, 0.2) is 51.5 Å². The lowest BCUT2D eigenvalue weighted by Crippen LogP contribution is -2.14. The van der Waals surface area contributed by atoms with E-state index in [1.54, 1.807) is 6.07 Å². The number of benzene rings is 1. The Morgan fingerprint density at radius 3 is 3.04 bits per heavy atom. The number of thiophene rings is 1. The molecule has 25 heavy (non-hydrogen) atoms. The van der Waals surface area contributed by atoms with E-state index in [9.17, 15) is 10.1 Å². The van der Waals surface area contributed by atoms with Crippen molar-refractivity contribution in [2.75, 3.05) is 11.1 Å². The van der Waals surface area contributed by atoms with Crippen LogP contribution in [0.5, 0.6) is 0 Å². The van der Waals surface area contributed by atoms with Crippen LogP contribution in [0, 0.1) is 11.3 Å². The van der Waals surface area contributed by atoms with Crippen molar-refractivity contribution >= 4 is 55.9 Å². The van der Waals surface area contributed by atoms with Gasteiger partial charge in [-0.1, -0.05) is 23.9 Å². The number of hydrogen-bond donors (Lipinski definition) is 1. The van der Waals surface area contributed by atoms with E-state index in [2.05, 4.69) is 15.3 Å². The third-order valence-corrected chi connectivity index (χ3v) is 5.35. The predicted octanol–water partition coefficient (Wildman–Crippen LogP) is 4.04. The van der Waals surface area contributed by atoms with Crippen molar-refractivity contribution in [2.24, 2.45) is 0 Å². The summed E-state index contributed by atoms with van der Waals surface area (Å²) in [6, 6.07) is 11.1. The first-order valence-electron chi connectivity index (χ1n) is 7.29. The number of thioether (sulfide) groups is 1. The van der Waals surface area contributed by atoms with Crippen LogP contribution in [0.1, 0.15) is 5.76 Å². The Kier molecular flexibility index (Phi) is 4.09. The first kappa shape index (κ1) is 15.6. The summed E-state index contributed by atoms with van der Waals surface area (Å²) in [5, 5.41) is 16.4. The molecule has 122 valence electrons. The molecule has 0 aliphatic rings. The van der Waals surface area contributed by atoms with E-state index in [4.69, 9.17) is 4.42 Å². The molecule has 0 bridgehead atoms. The molecule has 0 unspecified atom stereocenters. The second-order valence-electron chi connectivity index (χ2n) is 5.07. The van der Waals surface area contributed by atoms with E-state index in [0.717, 1.165) is 15.2 Å². The molecule has 8 heteroatoms. The number of furan rings is 1. The summed E-state index contributed by atoms with van der Waals surface area (Å²) in [5.74, 6) is 0.0450. The fraction of sp³-hybridized carbons (Fsp3) is 0.0588. The Hall–Kier alpha value is -2.89. The molecule has 1 aromatic carbocycles. The Bertz CT molecular complexity index is 1130. The van der Waals surface area contributed by atoms with Crippen molar-refractivity contribution in [3.05, 3.63) is 47.8 Å². The van der Waals surface area contributed by atoms with Crippen LogP contribution in [0.4, 0.5) is 5.69 Å². The van der Waals surface area contributed by atoms with Crippen molar-refractivity contribution in [1.29, 1.82) is 5.26 Å². The Morgan fingerprint density at radius 1 is 1.28 bits per heavy atom. The minimum atomic E-state index is -0.227. The first-order chi connectivity index (χ1) is 12.3. The molecule has 0 aliphatic heterocycles. The molecule has 0 radical (unpaired) electrons. The van der Waals surface area contributed by atoms with Crippen molar-refractivity contribution < 1.29 is 9.21 Å². The van der Waals surface area contributed by atoms with Crippen LogP contribution >= 0.6 is 23.1 Å². The van der Waals surface area contributed by atoms with Crippen LogP contribution in [0.2, 0.25) is 0 Å². The molecule has 0 spiro atoms. The van der Waals surface area contributed by atoms with E-state index in [1.807, 2.05) is 35.7 Å². The first-order valence-corrected chi connectivity index (χ1v) is 9.15. The lowest BCUT2D eigenvalue weighted by atomic mass is 10.2. The number of fused-ring (bicyclic) bond motifs is 2. The maximum atomic E-state index is 12.3. The monoisotopic (exact) mass is 366 g/mol. The molecule has 1 N–H and O–H groups in total. The summed E-state index contributed by atoms with van der Waals surface area (Å²) in [6.07, 6.45) is 1.50. The molecule has 1 amide bonds. The number of nitrogens with zero attached hydrogens (tertiary/aromatic N) is 3. The molecule has 3 heterocycles. The van der Waals surface area contributed by atoms with Gasteiger partial charge in [0, 0.05) is 10.8 Å². The van der Waals surface area contributed by atoms with Gasteiger partial charge in [0.1, 0.15) is 33.5 Å². The minimum absolute atomic E-state index is 0.0989. The third-order valence-electron chi connectivity index (χ3n) is 3.53. The van der Waals surface area contributed by atoms with E-state index in [0.29, 0.717) is 16.7 Å². The lowest BCUT2D eigenvalue weighted by molar-refractivity contribution is -0.113. The van der Waals surface area contributed by atoms with Crippen molar-refractivity contribution in [3.8, 4) is 6.07 Å². The molecule has 3 aromatic heterocycles. The summed E-state index contributed by atoms with van der Waals surface area (Å²) >= 11 is 2.87. The molecule has 0 atom stereocenters. The van der Waals surface area contributed by atoms with Crippen molar-refractivity contribution in [3.63, 3.8) is 0 Å². The molecule has 0 aliphatic carbocycles. The zero-order chi connectivity index (χ0) is 17.2. The maximum Gasteiger partial charge on any atom is 0.234 e. The van der Waals surface area contributed by atoms with E-state index >= 15 is 0 Å². The number of para-hydroxylation sites is 1. The highest BCUT2D eigenvalue weighted by Gasteiger charge is 2.16. The zero-order valence-electron chi connectivity index (χ0n) is 12.7. The van der Waals surface area contributed by atoms with Gasteiger partial charge in [-0.2, -0.15) is 5.26 Å². The smallest absolute Gasteiger partial charge is 0.234 e. The molecule has 4 rings (SSSR count). The Balaban J connectivity index is 1.53. The summed E-state index contributed by atoms with van der Waals surface area (Å²) in [5.41, 5.74) is 0.977. The SMILES string of the molecule is N#Cc1oc2ccccc2c1NC(=O)CSc1ncnc2sccc12. The average molecular weight is 366 g/mol. The molecule has 4 aromatic rings. The highest BCUT2D eigenvalue weighted by atomic mass is 32.2. The lowest BCUT2D eigenvalue weighted by Gasteiger charge is -2.04. The maximum absolute atomic E-state index is 12.3. The van der Waals surface area contributed by atoms with Crippen molar-refractivity contribution in [1.82, 2.24) is 9.97 Å². The average Bonchev–Trinajstić information content (AvgIpc) is 3.25.